The first-order valence-electron chi connectivity index (χ1n) is 5.75. The summed E-state index contributed by atoms with van der Waals surface area (Å²) >= 11 is 7.31. The molecule has 19 heavy (non-hydrogen) atoms. The quantitative estimate of drug-likeness (QED) is 0.862. The lowest BCUT2D eigenvalue weighted by atomic mass is 10.3. The van der Waals surface area contributed by atoms with Crippen molar-refractivity contribution in [2.24, 2.45) is 0 Å². The fraction of sp³-hybridized carbons (Fsp3) is 0.250. The number of nitrogens with one attached hydrogen (secondary N) is 1. The van der Waals surface area contributed by atoms with Crippen molar-refractivity contribution >= 4 is 35.0 Å². The molecular weight excluding hydrogens is 284 g/mol. The summed E-state index contributed by atoms with van der Waals surface area (Å²) in [5, 5.41) is 11.8. The lowest BCUT2D eigenvalue weighted by Crippen LogP contribution is -2.14. The van der Waals surface area contributed by atoms with E-state index in [9.17, 15) is 4.79 Å². The van der Waals surface area contributed by atoms with Gasteiger partial charge in [0.2, 0.25) is 5.91 Å². The fourth-order valence-corrected chi connectivity index (χ4v) is 2.41. The van der Waals surface area contributed by atoms with Gasteiger partial charge in [-0.05, 0) is 19.1 Å². The number of para-hydroxylation sites is 1. The topological polar surface area (TPSA) is 59.8 Å². The SMILES string of the molecule is CCn1cnnc1SCC(=O)Nc1ccccc1Cl. The number of benzene rings is 1. The third-order valence-electron chi connectivity index (χ3n) is 2.40. The van der Waals surface area contributed by atoms with Gasteiger partial charge in [0, 0.05) is 6.54 Å². The lowest BCUT2D eigenvalue weighted by molar-refractivity contribution is -0.113. The van der Waals surface area contributed by atoms with Crippen molar-refractivity contribution in [1.82, 2.24) is 14.8 Å². The Morgan fingerprint density at radius 3 is 3.00 bits per heavy atom. The van der Waals surface area contributed by atoms with Crippen LogP contribution in [0.1, 0.15) is 6.92 Å². The highest BCUT2D eigenvalue weighted by molar-refractivity contribution is 7.99. The summed E-state index contributed by atoms with van der Waals surface area (Å²) in [7, 11) is 0. The van der Waals surface area contributed by atoms with Gasteiger partial charge in [-0.25, -0.2) is 0 Å². The standard InChI is InChI=1S/C12H13ClN4OS/c1-2-17-8-14-16-12(17)19-7-11(18)15-10-6-4-3-5-9(10)13/h3-6,8H,2,7H2,1H3,(H,15,18). The van der Waals surface area contributed by atoms with E-state index < -0.39 is 0 Å². The van der Waals surface area contributed by atoms with Crippen molar-refractivity contribution in [3.8, 4) is 0 Å². The van der Waals surface area contributed by atoms with E-state index in [1.54, 1.807) is 18.5 Å². The average molecular weight is 297 g/mol. The number of rotatable bonds is 5. The minimum atomic E-state index is -0.122. The molecule has 0 saturated carbocycles. The number of thioether (sulfide) groups is 1. The van der Waals surface area contributed by atoms with Crippen molar-refractivity contribution in [3.05, 3.63) is 35.6 Å². The van der Waals surface area contributed by atoms with Crippen LogP contribution in [0.5, 0.6) is 0 Å². The molecule has 0 aliphatic heterocycles. The van der Waals surface area contributed by atoms with Crippen LogP contribution >= 0.6 is 23.4 Å². The zero-order valence-corrected chi connectivity index (χ0v) is 11.9. The first kappa shape index (κ1) is 13.9. The average Bonchev–Trinajstić information content (AvgIpc) is 2.86. The summed E-state index contributed by atoms with van der Waals surface area (Å²) in [5.74, 6) is 0.146. The Labute approximate surface area is 120 Å². The smallest absolute Gasteiger partial charge is 0.234 e. The van der Waals surface area contributed by atoms with Crippen LogP contribution in [0.2, 0.25) is 5.02 Å². The second kappa shape index (κ2) is 6.58. The number of aromatic nitrogens is 3. The number of carbonyl (C=O) groups is 1. The van der Waals surface area contributed by atoms with Gasteiger partial charge < -0.3 is 9.88 Å². The van der Waals surface area contributed by atoms with Gasteiger partial charge in [0.1, 0.15) is 6.33 Å². The molecule has 1 N–H and O–H groups in total. The molecule has 0 bridgehead atoms. The van der Waals surface area contributed by atoms with E-state index in [0.717, 1.165) is 11.7 Å². The Bertz CT molecular complexity index is 572. The Kier molecular flexibility index (Phi) is 4.81. The minimum Gasteiger partial charge on any atom is -0.324 e. The van der Waals surface area contributed by atoms with Crippen LogP contribution in [0, 0.1) is 0 Å². The zero-order valence-electron chi connectivity index (χ0n) is 10.3. The summed E-state index contributed by atoms with van der Waals surface area (Å²) in [6, 6.07) is 7.14. The van der Waals surface area contributed by atoms with E-state index in [1.165, 1.54) is 11.8 Å². The first-order chi connectivity index (χ1) is 9.20. The molecule has 2 aromatic rings. The van der Waals surface area contributed by atoms with Gasteiger partial charge in [-0.3, -0.25) is 4.79 Å². The number of halogens is 1. The maximum absolute atomic E-state index is 11.8. The lowest BCUT2D eigenvalue weighted by Gasteiger charge is -2.06. The zero-order chi connectivity index (χ0) is 13.7. The van der Waals surface area contributed by atoms with Crippen LogP contribution in [0.15, 0.2) is 35.7 Å². The predicted molar refractivity (Wildman–Crippen MR) is 76.5 cm³/mol. The maximum Gasteiger partial charge on any atom is 0.234 e. The van der Waals surface area contributed by atoms with E-state index in [4.69, 9.17) is 11.6 Å². The van der Waals surface area contributed by atoms with Gasteiger partial charge in [-0.1, -0.05) is 35.5 Å². The molecule has 0 spiro atoms. The second-order valence-corrected chi connectivity index (χ2v) is 5.07. The molecule has 0 radical (unpaired) electrons. The van der Waals surface area contributed by atoms with Gasteiger partial charge in [-0.2, -0.15) is 0 Å². The molecule has 0 saturated heterocycles. The van der Waals surface area contributed by atoms with E-state index >= 15 is 0 Å². The van der Waals surface area contributed by atoms with Gasteiger partial charge in [0.05, 0.1) is 16.5 Å². The number of hydrogen-bond acceptors (Lipinski definition) is 4. The number of amides is 1. The van der Waals surface area contributed by atoms with Crippen molar-refractivity contribution in [3.63, 3.8) is 0 Å². The van der Waals surface area contributed by atoms with Crippen molar-refractivity contribution in [2.75, 3.05) is 11.1 Å². The second-order valence-electron chi connectivity index (χ2n) is 3.72. The highest BCUT2D eigenvalue weighted by atomic mass is 35.5. The summed E-state index contributed by atoms with van der Waals surface area (Å²) in [6.45, 7) is 2.78. The number of carbonyl (C=O) groups excluding carboxylic acids is 1. The van der Waals surface area contributed by atoms with E-state index in [2.05, 4.69) is 15.5 Å². The Morgan fingerprint density at radius 1 is 1.47 bits per heavy atom. The van der Waals surface area contributed by atoms with Crippen LogP contribution in [0.25, 0.3) is 0 Å². The fourth-order valence-electron chi connectivity index (χ4n) is 1.45. The van der Waals surface area contributed by atoms with Gasteiger partial charge >= 0.3 is 0 Å². The van der Waals surface area contributed by atoms with Crippen LogP contribution in [0.3, 0.4) is 0 Å². The number of aryl methyl sites for hydroxylation is 1. The van der Waals surface area contributed by atoms with Crippen molar-refractivity contribution in [2.45, 2.75) is 18.6 Å². The molecule has 0 aliphatic rings. The van der Waals surface area contributed by atoms with Crippen molar-refractivity contribution < 1.29 is 4.79 Å². The molecule has 1 amide bonds. The maximum atomic E-state index is 11.8. The summed E-state index contributed by atoms with van der Waals surface area (Å²) < 4.78 is 1.88. The van der Waals surface area contributed by atoms with E-state index in [0.29, 0.717) is 10.7 Å². The highest BCUT2D eigenvalue weighted by Gasteiger charge is 2.09. The van der Waals surface area contributed by atoms with Crippen LogP contribution in [-0.2, 0) is 11.3 Å². The molecule has 1 heterocycles. The largest absolute Gasteiger partial charge is 0.324 e. The van der Waals surface area contributed by atoms with E-state index in [-0.39, 0.29) is 11.7 Å². The van der Waals surface area contributed by atoms with Crippen LogP contribution < -0.4 is 5.32 Å². The number of nitrogens with zero attached hydrogens (tertiary/aromatic N) is 3. The molecule has 1 aromatic heterocycles. The van der Waals surface area contributed by atoms with E-state index in [1.807, 2.05) is 23.6 Å². The molecule has 7 heteroatoms. The molecule has 2 rings (SSSR count). The molecule has 0 atom stereocenters. The Morgan fingerprint density at radius 2 is 2.26 bits per heavy atom. The van der Waals surface area contributed by atoms with Gasteiger partial charge in [0.15, 0.2) is 5.16 Å². The number of hydrogen-bond donors (Lipinski definition) is 1. The summed E-state index contributed by atoms with van der Waals surface area (Å²) in [4.78, 5) is 11.8. The summed E-state index contributed by atoms with van der Waals surface area (Å²) in [5.41, 5.74) is 0.617. The Hall–Kier alpha value is -1.53. The van der Waals surface area contributed by atoms with Gasteiger partial charge in [0.25, 0.3) is 0 Å². The summed E-state index contributed by atoms with van der Waals surface area (Å²) in [6.07, 6.45) is 1.65. The normalized spacial score (nSPS) is 10.4. The predicted octanol–water partition coefficient (Wildman–Crippen LogP) is 2.68. The van der Waals surface area contributed by atoms with Gasteiger partial charge in [-0.15, -0.1) is 10.2 Å². The molecule has 1 aromatic carbocycles. The third-order valence-corrected chi connectivity index (χ3v) is 3.71. The number of anilines is 1. The molecule has 0 unspecified atom stereocenters. The van der Waals surface area contributed by atoms with Crippen LogP contribution in [0.4, 0.5) is 5.69 Å². The highest BCUT2D eigenvalue weighted by Crippen LogP contribution is 2.21. The Balaban J connectivity index is 1.90. The molecule has 100 valence electrons. The minimum absolute atomic E-state index is 0.122. The first-order valence-corrected chi connectivity index (χ1v) is 7.12. The van der Waals surface area contributed by atoms with Crippen LogP contribution in [-0.4, -0.2) is 26.4 Å². The van der Waals surface area contributed by atoms with Crippen molar-refractivity contribution in [1.29, 1.82) is 0 Å². The monoisotopic (exact) mass is 296 g/mol. The molecular formula is C12H13ClN4OS. The third kappa shape index (κ3) is 3.71. The molecule has 0 aliphatic carbocycles. The molecule has 0 fully saturated rings. The molecule has 5 nitrogen and oxygen atoms in total.